The summed E-state index contributed by atoms with van der Waals surface area (Å²) in [6, 6.07) is 9.32. The Morgan fingerprint density at radius 3 is 2.60 bits per heavy atom. The third-order valence-corrected chi connectivity index (χ3v) is 3.92. The van der Waals surface area contributed by atoms with E-state index >= 15 is 0 Å². The lowest BCUT2D eigenvalue weighted by atomic mass is 9.85. The highest BCUT2D eigenvalue weighted by Gasteiger charge is 2.38. The lowest BCUT2D eigenvalue weighted by Crippen LogP contribution is -2.31. The van der Waals surface area contributed by atoms with Gasteiger partial charge < -0.3 is 4.74 Å². The van der Waals surface area contributed by atoms with Crippen molar-refractivity contribution in [2.24, 2.45) is 11.8 Å². The molecule has 0 aliphatic heterocycles. The van der Waals surface area contributed by atoms with Crippen LogP contribution in [0.2, 0.25) is 0 Å². The van der Waals surface area contributed by atoms with E-state index in [2.05, 4.69) is 6.58 Å². The maximum absolute atomic E-state index is 12.6. The highest BCUT2D eigenvalue weighted by Crippen LogP contribution is 2.37. The molecule has 1 saturated carbocycles. The molecule has 1 aromatic carbocycles. The highest BCUT2D eigenvalue weighted by molar-refractivity contribution is 5.98. The third-order valence-electron chi connectivity index (χ3n) is 3.92. The summed E-state index contributed by atoms with van der Waals surface area (Å²) in [7, 11) is 0. The summed E-state index contributed by atoms with van der Waals surface area (Å²) in [5.74, 6) is -0.219. The first kappa shape index (κ1) is 14.5. The lowest BCUT2D eigenvalue weighted by molar-refractivity contribution is -0.146. The molecular formula is C17H20O3. The van der Waals surface area contributed by atoms with E-state index in [-0.39, 0.29) is 29.7 Å². The van der Waals surface area contributed by atoms with Crippen molar-refractivity contribution in [2.45, 2.75) is 32.3 Å². The molecular weight excluding hydrogens is 252 g/mol. The standard InChI is InChI=1S/C17H20O3/c1-3-16(20-12(2)18)14-10-7-11-15(14)17(19)13-8-5-4-6-9-13/h3-6,8-9,14-16H,1,7,10-11H2,2H3/t14-,15-,16?/m0/s1. The van der Waals surface area contributed by atoms with E-state index in [0.717, 1.165) is 24.8 Å². The summed E-state index contributed by atoms with van der Waals surface area (Å²) in [5, 5.41) is 0. The molecule has 0 saturated heterocycles. The molecule has 1 aliphatic carbocycles. The second kappa shape index (κ2) is 6.51. The van der Waals surface area contributed by atoms with Crippen molar-refractivity contribution in [3.05, 3.63) is 48.6 Å². The van der Waals surface area contributed by atoms with E-state index in [1.165, 1.54) is 6.92 Å². The van der Waals surface area contributed by atoms with Crippen LogP contribution >= 0.6 is 0 Å². The molecule has 0 amide bonds. The molecule has 1 aliphatic rings. The zero-order valence-electron chi connectivity index (χ0n) is 11.7. The first-order valence-electron chi connectivity index (χ1n) is 7.02. The largest absolute Gasteiger partial charge is 0.458 e. The van der Waals surface area contributed by atoms with Crippen LogP contribution in [0.4, 0.5) is 0 Å². The smallest absolute Gasteiger partial charge is 0.303 e. The van der Waals surface area contributed by atoms with Crippen molar-refractivity contribution in [1.29, 1.82) is 0 Å². The zero-order chi connectivity index (χ0) is 14.5. The van der Waals surface area contributed by atoms with Gasteiger partial charge in [0.15, 0.2) is 5.78 Å². The molecule has 0 spiro atoms. The van der Waals surface area contributed by atoms with Crippen molar-refractivity contribution in [3.8, 4) is 0 Å². The molecule has 0 aromatic heterocycles. The van der Waals surface area contributed by atoms with E-state index in [9.17, 15) is 9.59 Å². The number of rotatable bonds is 5. The van der Waals surface area contributed by atoms with E-state index in [0.29, 0.717) is 0 Å². The van der Waals surface area contributed by atoms with Gasteiger partial charge in [0.2, 0.25) is 0 Å². The number of ether oxygens (including phenoxy) is 1. The zero-order valence-corrected chi connectivity index (χ0v) is 11.7. The maximum atomic E-state index is 12.6. The van der Waals surface area contributed by atoms with Gasteiger partial charge in [-0.25, -0.2) is 0 Å². The summed E-state index contributed by atoms with van der Waals surface area (Å²) in [5.41, 5.74) is 0.732. The average molecular weight is 272 g/mol. The summed E-state index contributed by atoms with van der Waals surface area (Å²) in [6.45, 7) is 5.13. The van der Waals surface area contributed by atoms with Gasteiger partial charge in [-0.3, -0.25) is 9.59 Å². The van der Waals surface area contributed by atoms with Crippen molar-refractivity contribution in [3.63, 3.8) is 0 Å². The Balaban J connectivity index is 2.16. The normalized spacial score (nSPS) is 23.1. The van der Waals surface area contributed by atoms with Gasteiger partial charge in [-0.05, 0) is 12.8 Å². The fourth-order valence-electron chi connectivity index (χ4n) is 3.03. The van der Waals surface area contributed by atoms with Crippen LogP contribution in [0, 0.1) is 11.8 Å². The third kappa shape index (κ3) is 3.16. The molecule has 20 heavy (non-hydrogen) atoms. The van der Waals surface area contributed by atoms with E-state index in [1.807, 2.05) is 30.3 Å². The first-order chi connectivity index (χ1) is 9.63. The van der Waals surface area contributed by atoms with Crippen LogP contribution in [0.1, 0.15) is 36.5 Å². The number of ketones is 1. The predicted molar refractivity (Wildman–Crippen MR) is 77.4 cm³/mol. The fourth-order valence-corrected chi connectivity index (χ4v) is 3.03. The Morgan fingerprint density at radius 1 is 1.30 bits per heavy atom. The minimum absolute atomic E-state index is 0.0455. The quantitative estimate of drug-likeness (QED) is 0.469. The molecule has 0 bridgehead atoms. The van der Waals surface area contributed by atoms with Gasteiger partial charge in [-0.2, -0.15) is 0 Å². The number of hydrogen-bond acceptors (Lipinski definition) is 3. The van der Waals surface area contributed by atoms with Crippen LogP contribution in [-0.2, 0) is 9.53 Å². The monoisotopic (exact) mass is 272 g/mol. The Hall–Kier alpha value is -1.90. The topological polar surface area (TPSA) is 43.4 Å². The average Bonchev–Trinajstić information content (AvgIpc) is 2.94. The van der Waals surface area contributed by atoms with E-state index in [1.54, 1.807) is 6.08 Å². The minimum atomic E-state index is -0.368. The minimum Gasteiger partial charge on any atom is -0.458 e. The van der Waals surface area contributed by atoms with Crippen LogP contribution < -0.4 is 0 Å². The predicted octanol–water partition coefficient (Wildman–Crippen LogP) is 3.40. The number of carbonyl (C=O) groups excluding carboxylic acids is 2. The molecule has 3 atom stereocenters. The molecule has 0 radical (unpaired) electrons. The van der Waals surface area contributed by atoms with Gasteiger partial charge in [0, 0.05) is 24.3 Å². The number of esters is 1. The summed E-state index contributed by atoms with van der Waals surface area (Å²) >= 11 is 0. The van der Waals surface area contributed by atoms with E-state index < -0.39 is 0 Å². The second-order valence-electron chi connectivity index (χ2n) is 5.24. The molecule has 106 valence electrons. The van der Waals surface area contributed by atoms with Crippen molar-refractivity contribution in [1.82, 2.24) is 0 Å². The van der Waals surface area contributed by atoms with Crippen LogP contribution in [0.3, 0.4) is 0 Å². The van der Waals surface area contributed by atoms with Crippen molar-refractivity contribution < 1.29 is 14.3 Å². The highest BCUT2D eigenvalue weighted by atomic mass is 16.5. The van der Waals surface area contributed by atoms with Crippen LogP contribution in [0.15, 0.2) is 43.0 Å². The SMILES string of the molecule is C=CC(OC(C)=O)[C@H]1CCC[C@@H]1C(=O)c1ccccc1. The molecule has 1 aromatic rings. The van der Waals surface area contributed by atoms with Gasteiger partial charge in [0.25, 0.3) is 0 Å². The number of benzene rings is 1. The summed E-state index contributed by atoms with van der Waals surface area (Å²) in [4.78, 5) is 23.8. The van der Waals surface area contributed by atoms with Gasteiger partial charge >= 0.3 is 5.97 Å². The summed E-state index contributed by atoms with van der Waals surface area (Å²) < 4.78 is 5.29. The van der Waals surface area contributed by atoms with Crippen molar-refractivity contribution >= 4 is 11.8 Å². The molecule has 0 heterocycles. The molecule has 1 fully saturated rings. The van der Waals surface area contributed by atoms with Crippen molar-refractivity contribution in [2.75, 3.05) is 0 Å². The molecule has 2 rings (SSSR count). The molecule has 1 unspecified atom stereocenters. The number of hydrogen-bond donors (Lipinski definition) is 0. The Bertz CT molecular complexity index is 492. The van der Waals surface area contributed by atoms with Crippen LogP contribution in [0.5, 0.6) is 0 Å². The first-order valence-corrected chi connectivity index (χ1v) is 7.02. The molecule has 0 N–H and O–H groups in total. The van der Waals surface area contributed by atoms with Gasteiger partial charge in [0.1, 0.15) is 6.10 Å². The van der Waals surface area contributed by atoms with Gasteiger partial charge in [0.05, 0.1) is 0 Å². The Morgan fingerprint density at radius 2 is 2.00 bits per heavy atom. The fraction of sp³-hybridized carbons (Fsp3) is 0.412. The Labute approximate surface area is 119 Å². The second-order valence-corrected chi connectivity index (χ2v) is 5.24. The maximum Gasteiger partial charge on any atom is 0.303 e. The van der Waals surface area contributed by atoms with E-state index in [4.69, 9.17) is 4.74 Å². The molecule has 3 nitrogen and oxygen atoms in total. The van der Waals surface area contributed by atoms with Gasteiger partial charge in [-0.1, -0.05) is 49.4 Å². The van der Waals surface area contributed by atoms with Crippen LogP contribution in [-0.4, -0.2) is 17.9 Å². The Kier molecular flexibility index (Phi) is 4.72. The van der Waals surface area contributed by atoms with Gasteiger partial charge in [-0.15, -0.1) is 0 Å². The number of Topliss-reactive ketones (excluding diaryl/α,β-unsaturated/α-hetero) is 1. The lowest BCUT2D eigenvalue weighted by Gasteiger charge is -2.25. The number of carbonyl (C=O) groups is 2. The van der Waals surface area contributed by atoms with Crippen LogP contribution in [0.25, 0.3) is 0 Å². The molecule has 3 heteroatoms. The summed E-state index contributed by atoms with van der Waals surface area (Å²) in [6.07, 6.45) is 4.01.